The molecule has 2 aromatic carbocycles. The molecule has 1 fully saturated rings. The van der Waals surface area contributed by atoms with Gasteiger partial charge in [0, 0.05) is 11.6 Å². The lowest BCUT2D eigenvalue weighted by Gasteiger charge is -2.11. The maximum absolute atomic E-state index is 12.7. The van der Waals surface area contributed by atoms with Gasteiger partial charge in [0.1, 0.15) is 5.75 Å². The molecule has 0 atom stereocenters. The molecule has 6 nitrogen and oxygen atoms in total. The van der Waals surface area contributed by atoms with Crippen LogP contribution < -0.4 is 19.1 Å². The van der Waals surface area contributed by atoms with Gasteiger partial charge >= 0.3 is 0 Å². The van der Waals surface area contributed by atoms with E-state index >= 15 is 0 Å². The van der Waals surface area contributed by atoms with Crippen molar-refractivity contribution in [1.29, 1.82) is 0 Å². The summed E-state index contributed by atoms with van der Waals surface area (Å²) in [6, 6.07) is 12.3. The molecule has 126 valence electrons. The Hall–Kier alpha value is -2.93. The van der Waals surface area contributed by atoms with Crippen molar-refractivity contribution in [2.75, 3.05) is 18.8 Å². The zero-order valence-electron chi connectivity index (χ0n) is 13.2. The predicted molar refractivity (Wildman–Crippen MR) is 94.0 cm³/mol. The number of carbonyl (C=O) groups is 2. The van der Waals surface area contributed by atoms with E-state index in [1.807, 2.05) is 6.07 Å². The number of hydrogen-bond acceptors (Lipinski definition) is 6. The maximum atomic E-state index is 12.7. The predicted octanol–water partition coefficient (Wildman–Crippen LogP) is 3.66. The summed E-state index contributed by atoms with van der Waals surface area (Å²) in [5.74, 6) is 1.34. The minimum atomic E-state index is -0.360. The third kappa shape index (κ3) is 2.72. The van der Waals surface area contributed by atoms with Gasteiger partial charge in [-0.05, 0) is 36.0 Å². The third-order valence-electron chi connectivity index (χ3n) is 3.82. The van der Waals surface area contributed by atoms with Crippen LogP contribution in [0.15, 0.2) is 47.4 Å². The topological polar surface area (TPSA) is 65.1 Å². The van der Waals surface area contributed by atoms with E-state index in [4.69, 9.17) is 14.2 Å². The second-order valence-corrected chi connectivity index (χ2v) is 6.29. The molecule has 0 spiro atoms. The highest BCUT2D eigenvalue weighted by atomic mass is 32.2. The van der Waals surface area contributed by atoms with Gasteiger partial charge in [-0.15, -0.1) is 0 Å². The van der Waals surface area contributed by atoms with Gasteiger partial charge in [-0.25, -0.2) is 4.90 Å². The number of hydrogen-bond donors (Lipinski definition) is 0. The van der Waals surface area contributed by atoms with Crippen molar-refractivity contribution in [3.63, 3.8) is 0 Å². The van der Waals surface area contributed by atoms with Crippen molar-refractivity contribution in [2.45, 2.75) is 0 Å². The van der Waals surface area contributed by atoms with Crippen LogP contribution in [0.2, 0.25) is 0 Å². The number of fused-ring (bicyclic) bond motifs is 1. The maximum Gasteiger partial charge on any atom is 0.298 e. The van der Waals surface area contributed by atoms with Crippen LogP contribution >= 0.6 is 11.8 Å². The second-order valence-electron chi connectivity index (χ2n) is 5.30. The van der Waals surface area contributed by atoms with E-state index in [0.717, 1.165) is 16.7 Å². The number of methoxy groups -OCH3 is 1. The molecule has 7 heteroatoms. The molecule has 0 unspecified atom stereocenters. The molecule has 0 radical (unpaired) electrons. The number of imide groups is 1. The van der Waals surface area contributed by atoms with Gasteiger partial charge in [0.05, 0.1) is 17.7 Å². The first-order valence-electron chi connectivity index (χ1n) is 7.48. The molecule has 0 bridgehead atoms. The number of ether oxygens (including phenoxy) is 3. The lowest BCUT2D eigenvalue weighted by molar-refractivity contribution is -0.113. The van der Waals surface area contributed by atoms with Crippen LogP contribution in [0.5, 0.6) is 17.2 Å². The molecule has 0 saturated carbocycles. The Morgan fingerprint density at radius 2 is 1.84 bits per heavy atom. The normalized spacial score (nSPS) is 17.5. The first-order chi connectivity index (χ1) is 12.2. The zero-order chi connectivity index (χ0) is 17.4. The van der Waals surface area contributed by atoms with E-state index < -0.39 is 0 Å². The molecule has 25 heavy (non-hydrogen) atoms. The van der Waals surface area contributed by atoms with Crippen LogP contribution in [-0.4, -0.2) is 25.0 Å². The van der Waals surface area contributed by atoms with Crippen molar-refractivity contribution >= 4 is 34.7 Å². The molecule has 0 aromatic heterocycles. The zero-order valence-corrected chi connectivity index (χ0v) is 14.0. The molecular weight excluding hydrogens is 342 g/mol. The highest BCUT2D eigenvalue weighted by Crippen LogP contribution is 2.41. The fraction of sp³-hybridized carbons (Fsp3) is 0.111. The summed E-state index contributed by atoms with van der Waals surface area (Å²) in [7, 11) is 1.53. The molecule has 2 heterocycles. The molecule has 2 aliphatic rings. The Bertz CT molecular complexity index is 894. The van der Waals surface area contributed by atoms with Gasteiger partial charge in [0.25, 0.3) is 11.1 Å². The van der Waals surface area contributed by atoms with Crippen molar-refractivity contribution in [3.8, 4) is 17.2 Å². The molecule has 1 saturated heterocycles. The van der Waals surface area contributed by atoms with Gasteiger partial charge in [0.2, 0.25) is 6.79 Å². The van der Waals surface area contributed by atoms with Crippen LogP contribution in [0.3, 0.4) is 0 Å². The Kier molecular flexibility index (Phi) is 3.85. The lowest BCUT2D eigenvalue weighted by Crippen LogP contribution is -2.27. The highest BCUT2D eigenvalue weighted by molar-refractivity contribution is 8.19. The van der Waals surface area contributed by atoms with Gasteiger partial charge < -0.3 is 14.2 Å². The van der Waals surface area contributed by atoms with Crippen molar-refractivity contribution in [2.24, 2.45) is 0 Å². The van der Waals surface area contributed by atoms with Gasteiger partial charge in [-0.3, -0.25) is 9.59 Å². The van der Waals surface area contributed by atoms with Crippen LogP contribution in [0.25, 0.3) is 6.08 Å². The SMILES string of the molecule is COc1cc2c(cc1/C=C1/SC(=O)N(c3ccccc3)C1=O)OCO2. The minimum Gasteiger partial charge on any atom is -0.496 e. The van der Waals surface area contributed by atoms with Crippen LogP contribution in [0, 0.1) is 0 Å². The molecule has 0 N–H and O–H groups in total. The number of anilines is 1. The quantitative estimate of drug-likeness (QED) is 0.783. The van der Waals surface area contributed by atoms with E-state index in [9.17, 15) is 9.59 Å². The number of nitrogens with zero attached hydrogens (tertiary/aromatic N) is 1. The van der Waals surface area contributed by atoms with E-state index in [2.05, 4.69) is 0 Å². The van der Waals surface area contributed by atoms with Crippen molar-refractivity contribution < 1.29 is 23.8 Å². The Labute approximate surface area is 148 Å². The first kappa shape index (κ1) is 15.6. The average Bonchev–Trinajstić information content (AvgIpc) is 3.19. The number of benzene rings is 2. The Morgan fingerprint density at radius 3 is 2.56 bits per heavy atom. The standard InChI is InChI=1S/C18H13NO5S/c1-22-13-9-15-14(23-10-24-15)7-11(13)8-16-17(20)19(18(21)25-16)12-5-3-2-4-6-12/h2-9H,10H2,1H3/b16-8+. The smallest absolute Gasteiger partial charge is 0.298 e. The number of carbonyl (C=O) groups excluding carboxylic acids is 2. The summed E-state index contributed by atoms with van der Waals surface area (Å²) in [5, 5.41) is -0.331. The van der Waals surface area contributed by atoms with E-state index in [0.29, 0.717) is 33.4 Å². The summed E-state index contributed by atoms with van der Waals surface area (Å²) >= 11 is 0.895. The van der Waals surface area contributed by atoms with Gasteiger partial charge in [-0.2, -0.15) is 0 Å². The Morgan fingerprint density at radius 1 is 1.12 bits per heavy atom. The highest BCUT2D eigenvalue weighted by Gasteiger charge is 2.36. The van der Waals surface area contributed by atoms with Crippen LogP contribution in [-0.2, 0) is 4.79 Å². The lowest BCUT2D eigenvalue weighted by atomic mass is 10.1. The number of amides is 2. The summed E-state index contributed by atoms with van der Waals surface area (Å²) < 4.78 is 16.0. The first-order valence-corrected chi connectivity index (χ1v) is 8.29. The summed E-state index contributed by atoms with van der Waals surface area (Å²) in [6.07, 6.45) is 1.63. The second kappa shape index (κ2) is 6.18. The molecule has 2 aromatic rings. The molecular formula is C18H13NO5S. The fourth-order valence-corrected chi connectivity index (χ4v) is 3.47. The van der Waals surface area contributed by atoms with Crippen LogP contribution in [0.4, 0.5) is 10.5 Å². The molecule has 0 aliphatic carbocycles. The van der Waals surface area contributed by atoms with Crippen LogP contribution in [0.1, 0.15) is 5.56 Å². The van der Waals surface area contributed by atoms with Gasteiger partial charge in [-0.1, -0.05) is 18.2 Å². The van der Waals surface area contributed by atoms with E-state index in [-0.39, 0.29) is 17.9 Å². The molecule has 4 rings (SSSR count). The van der Waals surface area contributed by atoms with Crippen molar-refractivity contribution in [3.05, 3.63) is 52.9 Å². The van der Waals surface area contributed by atoms with Crippen molar-refractivity contribution in [1.82, 2.24) is 0 Å². The molecule has 2 amide bonds. The number of para-hydroxylation sites is 1. The average molecular weight is 355 g/mol. The minimum absolute atomic E-state index is 0.145. The fourth-order valence-electron chi connectivity index (χ4n) is 2.64. The number of thioether (sulfide) groups is 1. The summed E-state index contributed by atoms with van der Waals surface area (Å²) in [4.78, 5) is 26.4. The summed E-state index contributed by atoms with van der Waals surface area (Å²) in [6.45, 7) is 0.145. The molecule has 2 aliphatic heterocycles. The largest absolute Gasteiger partial charge is 0.496 e. The Balaban J connectivity index is 1.71. The monoisotopic (exact) mass is 355 g/mol. The van der Waals surface area contributed by atoms with E-state index in [1.54, 1.807) is 42.5 Å². The van der Waals surface area contributed by atoms with Gasteiger partial charge in [0.15, 0.2) is 11.5 Å². The number of rotatable bonds is 3. The summed E-state index contributed by atoms with van der Waals surface area (Å²) in [5.41, 5.74) is 1.19. The third-order valence-corrected chi connectivity index (χ3v) is 4.69. The van der Waals surface area contributed by atoms with E-state index in [1.165, 1.54) is 7.11 Å².